The fourth-order valence-electron chi connectivity index (χ4n) is 3.21. The first-order chi connectivity index (χ1) is 13.0. The number of carbonyl (C=O) groups is 1. The Balaban J connectivity index is 1.61. The van der Waals surface area contributed by atoms with Gasteiger partial charge in [-0.15, -0.1) is 0 Å². The number of amides is 1. The van der Waals surface area contributed by atoms with Gasteiger partial charge in [-0.1, -0.05) is 23.7 Å². The first kappa shape index (κ1) is 19.2. The number of halogens is 1. The molecule has 0 saturated carbocycles. The SMILES string of the molecule is CC1CN(C(=O)c2ccc(CNc3ccc(C#N)c(Cl)c3)cc2)CC(C)O1. The molecular weight excluding hydrogens is 362 g/mol. The van der Waals surface area contributed by atoms with Crippen LogP contribution in [0.1, 0.15) is 35.3 Å². The van der Waals surface area contributed by atoms with Gasteiger partial charge in [-0.25, -0.2) is 0 Å². The number of nitriles is 1. The van der Waals surface area contributed by atoms with E-state index in [0.29, 0.717) is 35.8 Å². The molecular formula is C21H22ClN3O2. The van der Waals surface area contributed by atoms with E-state index in [4.69, 9.17) is 21.6 Å². The maximum atomic E-state index is 12.7. The van der Waals surface area contributed by atoms with E-state index in [-0.39, 0.29) is 18.1 Å². The molecule has 2 aromatic rings. The third kappa shape index (κ3) is 4.79. The fourth-order valence-corrected chi connectivity index (χ4v) is 3.43. The number of benzene rings is 2. The van der Waals surface area contributed by atoms with Crippen LogP contribution in [0.2, 0.25) is 5.02 Å². The van der Waals surface area contributed by atoms with Crippen molar-refractivity contribution in [1.29, 1.82) is 5.26 Å². The Hall–Kier alpha value is -2.55. The predicted octanol–water partition coefficient (Wildman–Crippen LogP) is 4.07. The van der Waals surface area contributed by atoms with Crippen LogP contribution in [0, 0.1) is 11.3 Å². The summed E-state index contributed by atoms with van der Waals surface area (Å²) in [5.74, 6) is 0.0374. The van der Waals surface area contributed by atoms with Crippen LogP contribution in [0.5, 0.6) is 0 Å². The van der Waals surface area contributed by atoms with Crippen LogP contribution in [0.25, 0.3) is 0 Å². The van der Waals surface area contributed by atoms with Crippen molar-refractivity contribution in [3.8, 4) is 6.07 Å². The number of nitrogens with zero attached hydrogens (tertiary/aromatic N) is 2. The lowest BCUT2D eigenvalue weighted by molar-refractivity contribution is -0.0586. The number of morpholine rings is 1. The number of hydrogen-bond donors (Lipinski definition) is 1. The highest BCUT2D eigenvalue weighted by Gasteiger charge is 2.26. The molecule has 1 amide bonds. The molecule has 2 atom stereocenters. The van der Waals surface area contributed by atoms with Gasteiger partial charge in [0, 0.05) is 30.9 Å². The number of hydrogen-bond acceptors (Lipinski definition) is 4. The van der Waals surface area contributed by atoms with Gasteiger partial charge in [-0.05, 0) is 49.7 Å². The Bertz CT molecular complexity index is 851. The van der Waals surface area contributed by atoms with Gasteiger partial charge in [0.2, 0.25) is 0 Å². The third-order valence-electron chi connectivity index (χ3n) is 4.49. The molecule has 1 aliphatic rings. The topological polar surface area (TPSA) is 65.4 Å². The highest BCUT2D eigenvalue weighted by atomic mass is 35.5. The molecule has 1 fully saturated rings. The number of rotatable bonds is 4. The highest BCUT2D eigenvalue weighted by Crippen LogP contribution is 2.21. The Morgan fingerprint density at radius 1 is 1.22 bits per heavy atom. The van der Waals surface area contributed by atoms with E-state index in [1.807, 2.05) is 55.1 Å². The second kappa shape index (κ2) is 8.43. The van der Waals surface area contributed by atoms with Crippen molar-refractivity contribution in [2.75, 3.05) is 18.4 Å². The minimum absolute atomic E-state index is 0.0374. The molecule has 0 aromatic heterocycles. The highest BCUT2D eigenvalue weighted by molar-refractivity contribution is 6.32. The molecule has 0 spiro atoms. The first-order valence-corrected chi connectivity index (χ1v) is 9.31. The van der Waals surface area contributed by atoms with E-state index in [9.17, 15) is 4.79 Å². The molecule has 1 saturated heterocycles. The van der Waals surface area contributed by atoms with Crippen LogP contribution in [-0.2, 0) is 11.3 Å². The van der Waals surface area contributed by atoms with Crippen LogP contribution < -0.4 is 5.32 Å². The van der Waals surface area contributed by atoms with Gasteiger partial charge < -0.3 is 15.0 Å². The Kier molecular flexibility index (Phi) is 6.00. The smallest absolute Gasteiger partial charge is 0.254 e. The van der Waals surface area contributed by atoms with Crippen LogP contribution >= 0.6 is 11.6 Å². The summed E-state index contributed by atoms with van der Waals surface area (Å²) in [7, 11) is 0. The van der Waals surface area contributed by atoms with Gasteiger partial charge in [0.15, 0.2) is 0 Å². The molecule has 3 rings (SSSR count). The minimum atomic E-state index is 0.0374. The van der Waals surface area contributed by atoms with Crippen LogP contribution in [-0.4, -0.2) is 36.1 Å². The minimum Gasteiger partial charge on any atom is -0.381 e. The Labute approximate surface area is 164 Å². The summed E-state index contributed by atoms with van der Waals surface area (Å²) in [6.45, 7) is 5.81. The number of anilines is 1. The van der Waals surface area contributed by atoms with E-state index in [2.05, 4.69) is 5.32 Å². The fraction of sp³-hybridized carbons (Fsp3) is 0.333. The Morgan fingerprint density at radius 3 is 2.48 bits per heavy atom. The normalized spacial score (nSPS) is 19.4. The van der Waals surface area contributed by atoms with Crippen LogP contribution in [0.4, 0.5) is 5.69 Å². The molecule has 6 heteroatoms. The molecule has 140 valence electrons. The van der Waals surface area contributed by atoms with Gasteiger partial charge in [0.05, 0.1) is 22.8 Å². The lowest BCUT2D eigenvalue weighted by Gasteiger charge is -2.35. The van der Waals surface area contributed by atoms with Gasteiger partial charge in [-0.2, -0.15) is 5.26 Å². The molecule has 0 radical (unpaired) electrons. The second-order valence-corrected chi connectivity index (χ2v) is 7.23. The van der Waals surface area contributed by atoms with E-state index in [0.717, 1.165) is 11.3 Å². The summed E-state index contributed by atoms with van der Waals surface area (Å²) in [5, 5.41) is 12.6. The summed E-state index contributed by atoms with van der Waals surface area (Å²) in [6, 6.07) is 14.9. The summed E-state index contributed by atoms with van der Waals surface area (Å²) in [4.78, 5) is 14.5. The molecule has 2 unspecified atom stereocenters. The average molecular weight is 384 g/mol. The molecule has 1 N–H and O–H groups in total. The summed E-state index contributed by atoms with van der Waals surface area (Å²) in [6.07, 6.45) is 0.112. The number of carbonyl (C=O) groups excluding carboxylic acids is 1. The van der Waals surface area contributed by atoms with E-state index >= 15 is 0 Å². The number of nitrogens with one attached hydrogen (secondary N) is 1. The predicted molar refractivity (Wildman–Crippen MR) is 106 cm³/mol. The number of ether oxygens (including phenoxy) is 1. The van der Waals surface area contributed by atoms with Gasteiger partial charge in [0.25, 0.3) is 5.91 Å². The van der Waals surface area contributed by atoms with Crippen molar-refractivity contribution >= 4 is 23.2 Å². The van der Waals surface area contributed by atoms with Crippen LogP contribution in [0.3, 0.4) is 0 Å². The van der Waals surface area contributed by atoms with Crippen molar-refractivity contribution < 1.29 is 9.53 Å². The molecule has 0 aliphatic carbocycles. The summed E-state index contributed by atoms with van der Waals surface area (Å²) < 4.78 is 5.69. The third-order valence-corrected chi connectivity index (χ3v) is 4.81. The first-order valence-electron chi connectivity index (χ1n) is 8.93. The van der Waals surface area contributed by atoms with Crippen molar-refractivity contribution in [3.05, 3.63) is 64.2 Å². The average Bonchev–Trinajstić information content (AvgIpc) is 2.65. The maximum Gasteiger partial charge on any atom is 0.254 e. The van der Waals surface area contributed by atoms with E-state index in [1.54, 1.807) is 12.1 Å². The van der Waals surface area contributed by atoms with Crippen LogP contribution in [0.15, 0.2) is 42.5 Å². The molecule has 27 heavy (non-hydrogen) atoms. The van der Waals surface area contributed by atoms with Gasteiger partial charge in [0.1, 0.15) is 6.07 Å². The van der Waals surface area contributed by atoms with Crippen molar-refractivity contribution in [2.45, 2.75) is 32.6 Å². The van der Waals surface area contributed by atoms with E-state index in [1.165, 1.54) is 0 Å². The monoisotopic (exact) mass is 383 g/mol. The van der Waals surface area contributed by atoms with Gasteiger partial charge in [-0.3, -0.25) is 4.79 Å². The van der Waals surface area contributed by atoms with Gasteiger partial charge >= 0.3 is 0 Å². The molecule has 1 aliphatic heterocycles. The maximum absolute atomic E-state index is 12.7. The quantitative estimate of drug-likeness (QED) is 0.864. The summed E-state index contributed by atoms with van der Waals surface area (Å²) in [5.41, 5.74) is 3.03. The molecule has 0 bridgehead atoms. The second-order valence-electron chi connectivity index (χ2n) is 6.82. The lowest BCUT2D eigenvalue weighted by atomic mass is 10.1. The largest absolute Gasteiger partial charge is 0.381 e. The summed E-state index contributed by atoms with van der Waals surface area (Å²) >= 11 is 6.05. The van der Waals surface area contributed by atoms with E-state index < -0.39 is 0 Å². The van der Waals surface area contributed by atoms with Crippen molar-refractivity contribution in [1.82, 2.24) is 4.90 Å². The zero-order valence-corrected chi connectivity index (χ0v) is 16.2. The lowest BCUT2D eigenvalue weighted by Crippen LogP contribution is -2.48. The zero-order chi connectivity index (χ0) is 19.4. The van der Waals surface area contributed by atoms with Crippen molar-refractivity contribution in [3.63, 3.8) is 0 Å². The van der Waals surface area contributed by atoms with Crippen molar-refractivity contribution in [2.24, 2.45) is 0 Å². The Morgan fingerprint density at radius 2 is 1.89 bits per heavy atom. The standard InChI is InChI=1S/C21H22ClN3O2/c1-14-12-25(13-15(2)27-14)21(26)17-5-3-16(4-6-17)11-24-19-8-7-18(10-23)20(22)9-19/h3-9,14-15,24H,11-13H2,1-2H3. The zero-order valence-electron chi connectivity index (χ0n) is 15.4. The molecule has 5 nitrogen and oxygen atoms in total. The molecule has 2 aromatic carbocycles. The molecule has 1 heterocycles.